The topological polar surface area (TPSA) is 68.0 Å². The minimum absolute atomic E-state index is 0.0479. The number of carbonyl (C=O) groups is 1. The van der Waals surface area contributed by atoms with Crippen molar-refractivity contribution in [2.24, 2.45) is 0 Å². The molecule has 3 heterocycles. The summed E-state index contributed by atoms with van der Waals surface area (Å²) in [4.78, 5) is 18.4. The molecule has 0 fully saturated rings. The number of aromatic nitrogens is 4. The van der Waals surface area contributed by atoms with Gasteiger partial charge in [-0.05, 0) is 37.1 Å². The van der Waals surface area contributed by atoms with E-state index in [1.54, 1.807) is 11.1 Å². The van der Waals surface area contributed by atoms with E-state index in [0.717, 1.165) is 30.2 Å². The van der Waals surface area contributed by atoms with Crippen LogP contribution in [-0.2, 0) is 19.6 Å². The van der Waals surface area contributed by atoms with Crippen LogP contribution in [0.2, 0.25) is 0 Å². The summed E-state index contributed by atoms with van der Waals surface area (Å²) in [5.41, 5.74) is 5.24. The van der Waals surface area contributed by atoms with Crippen molar-refractivity contribution in [2.75, 3.05) is 13.6 Å². The third-order valence-corrected chi connectivity index (χ3v) is 5.17. The molecule has 0 saturated heterocycles. The van der Waals surface area contributed by atoms with Crippen molar-refractivity contribution < 1.29 is 4.79 Å². The fourth-order valence-electron chi connectivity index (χ4n) is 3.51. The summed E-state index contributed by atoms with van der Waals surface area (Å²) in [6, 6.07) is 6.43. The van der Waals surface area contributed by atoms with Gasteiger partial charge in [-0.1, -0.05) is 6.07 Å². The highest BCUT2D eigenvalue weighted by Gasteiger charge is 2.25. The first-order valence-corrected chi connectivity index (χ1v) is 9.15. The number of hydrogen-bond acceptors (Lipinski definition) is 4. The first-order valence-electron chi connectivity index (χ1n) is 9.15. The monoisotopic (exact) mass is 364 g/mol. The minimum Gasteiger partial charge on any atom is -0.339 e. The van der Waals surface area contributed by atoms with Crippen LogP contribution in [0.15, 0.2) is 36.8 Å². The zero-order valence-corrected chi connectivity index (χ0v) is 15.9. The molecule has 1 amide bonds. The maximum atomic E-state index is 12.4. The molecule has 1 aromatic carbocycles. The molecule has 0 atom stereocenters. The number of fused-ring (bicyclic) bond motifs is 1. The Kier molecular flexibility index (Phi) is 4.53. The number of carbonyl (C=O) groups excluding carboxylic acids is 1. The van der Waals surface area contributed by atoms with Gasteiger partial charge in [0.2, 0.25) is 0 Å². The lowest BCUT2D eigenvalue weighted by Crippen LogP contribution is -2.38. The van der Waals surface area contributed by atoms with Gasteiger partial charge in [-0.25, -0.2) is 4.98 Å². The van der Waals surface area contributed by atoms with Crippen LogP contribution in [-0.4, -0.2) is 43.7 Å². The molecule has 140 valence electrons. The number of hydrogen-bond donors (Lipinski definition) is 1. The second-order valence-electron chi connectivity index (χ2n) is 7.03. The van der Waals surface area contributed by atoms with Gasteiger partial charge in [-0.3, -0.25) is 9.48 Å². The predicted molar refractivity (Wildman–Crippen MR) is 103 cm³/mol. The van der Waals surface area contributed by atoms with Crippen molar-refractivity contribution in [1.82, 2.24) is 29.5 Å². The summed E-state index contributed by atoms with van der Waals surface area (Å²) in [7, 11) is 1.84. The quantitative estimate of drug-likeness (QED) is 0.752. The van der Waals surface area contributed by atoms with Gasteiger partial charge in [0, 0.05) is 50.3 Å². The van der Waals surface area contributed by atoms with Crippen LogP contribution >= 0.6 is 0 Å². The van der Waals surface area contributed by atoms with Crippen molar-refractivity contribution in [3.8, 4) is 5.69 Å². The summed E-state index contributed by atoms with van der Waals surface area (Å²) in [6.07, 6.45) is 5.59. The molecule has 0 aliphatic carbocycles. The maximum absolute atomic E-state index is 12.4. The van der Waals surface area contributed by atoms with Gasteiger partial charge in [0.15, 0.2) is 0 Å². The number of amides is 1. The summed E-state index contributed by atoms with van der Waals surface area (Å²) < 4.78 is 3.89. The normalized spacial score (nSPS) is 13.9. The molecular formula is C20H24N6O. The fourth-order valence-corrected chi connectivity index (χ4v) is 3.51. The van der Waals surface area contributed by atoms with Crippen molar-refractivity contribution >= 4 is 5.91 Å². The highest BCUT2D eigenvalue weighted by Crippen LogP contribution is 2.18. The van der Waals surface area contributed by atoms with Crippen LogP contribution in [0.25, 0.3) is 5.69 Å². The lowest BCUT2D eigenvalue weighted by atomic mass is 10.1. The first kappa shape index (κ1) is 17.5. The first-order chi connectivity index (χ1) is 13.0. The van der Waals surface area contributed by atoms with Crippen LogP contribution in [0.1, 0.15) is 33.0 Å². The number of nitrogens with one attached hydrogen (secondary N) is 1. The number of aryl methyl sites for hydroxylation is 2. The average molecular weight is 364 g/mol. The van der Waals surface area contributed by atoms with Crippen molar-refractivity contribution in [3.63, 3.8) is 0 Å². The summed E-state index contributed by atoms with van der Waals surface area (Å²) in [6.45, 7) is 6.94. The van der Waals surface area contributed by atoms with Gasteiger partial charge >= 0.3 is 0 Å². The molecule has 0 spiro atoms. The van der Waals surface area contributed by atoms with Crippen LogP contribution in [0.5, 0.6) is 0 Å². The molecule has 7 heteroatoms. The number of benzene rings is 1. The van der Waals surface area contributed by atoms with Crippen LogP contribution in [0.4, 0.5) is 0 Å². The smallest absolute Gasteiger partial charge is 0.272 e. The molecule has 0 bridgehead atoms. The SMILES string of the molecule is Cc1cc(-n2ccnc2C)ccc1CNCc1cnn2c1C(=O)N(C)CC2. The Labute approximate surface area is 158 Å². The molecule has 0 radical (unpaired) electrons. The number of nitrogens with zero attached hydrogens (tertiary/aromatic N) is 5. The van der Waals surface area contributed by atoms with E-state index in [2.05, 4.69) is 45.1 Å². The highest BCUT2D eigenvalue weighted by molar-refractivity contribution is 5.94. The Morgan fingerprint density at radius 1 is 1.15 bits per heavy atom. The van der Waals surface area contributed by atoms with Gasteiger partial charge in [0.25, 0.3) is 5.91 Å². The maximum Gasteiger partial charge on any atom is 0.272 e. The zero-order chi connectivity index (χ0) is 19.0. The van der Waals surface area contributed by atoms with Gasteiger partial charge in [0.05, 0.1) is 12.7 Å². The molecule has 4 rings (SSSR count). The van der Waals surface area contributed by atoms with E-state index >= 15 is 0 Å². The lowest BCUT2D eigenvalue weighted by Gasteiger charge is -2.24. The van der Waals surface area contributed by atoms with E-state index in [4.69, 9.17) is 0 Å². The fraction of sp³-hybridized carbons (Fsp3) is 0.350. The minimum atomic E-state index is 0.0479. The largest absolute Gasteiger partial charge is 0.339 e. The van der Waals surface area contributed by atoms with Gasteiger partial charge in [0.1, 0.15) is 11.5 Å². The van der Waals surface area contributed by atoms with Crippen molar-refractivity contribution in [3.05, 3.63) is 65.0 Å². The second kappa shape index (κ2) is 7.00. The Bertz CT molecular complexity index is 986. The van der Waals surface area contributed by atoms with E-state index in [1.165, 1.54) is 11.1 Å². The second-order valence-corrected chi connectivity index (χ2v) is 7.03. The van der Waals surface area contributed by atoms with E-state index in [-0.39, 0.29) is 5.91 Å². The summed E-state index contributed by atoms with van der Waals surface area (Å²) in [5, 5.41) is 7.81. The predicted octanol–water partition coefficient (Wildman–Crippen LogP) is 2.06. The van der Waals surface area contributed by atoms with E-state index in [9.17, 15) is 4.79 Å². The van der Waals surface area contributed by atoms with Crippen LogP contribution in [0, 0.1) is 13.8 Å². The number of rotatable bonds is 5. The van der Waals surface area contributed by atoms with Gasteiger partial charge < -0.3 is 14.8 Å². The van der Waals surface area contributed by atoms with Gasteiger partial charge in [-0.15, -0.1) is 0 Å². The lowest BCUT2D eigenvalue weighted by molar-refractivity contribution is 0.0741. The highest BCUT2D eigenvalue weighted by atomic mass is 16.2. The van der Waals surface area contributed by atoms with E-state index < -0.39 is 0 Å². The number of likely N-dealkylation sites (N-methyl/N-ethyl adjacent to an activating group) is 1. The molecule has 0 unspecified atom stereocenters. The Balaban J connectivity index is 1.44. The molecule has 1 aliphatic heterocycles. The van der Waals surface area contributed by atoms with Crippen LogP contribution in [0.3, 0.4) is 0 Å². The number of imidazole rings is 1. The zero-order valence-electron chi connectivity index (χ0n) is 15.9. The van der Waals surface area contributed by atoms with Crippen molar-refractivity contribution in [2.45, 2.75) is 33.5 Å². The summed E-state index contributed by atoms with van der Waals surface area (Å²) >= 11 is 0. The molecule has 2 aromatic heterocycles. The molecule has 7 nitrogen and oxygen atoms in total. The Morgan fingerprint density at radius 3 is 2.70 bits per heavy atom. The Morgan fingerprint density at radius 2 is 1.96 bits per heavy atom. The van der Waals surface area contributed by atoms with E-state index in [1.807, 2.05) is 31.0 Å². The Hall–Kier alpha value is -2.93. The average Bonchev–Trinajstić information content (AvgIpc) is 3.26. The van der Waals surface area contributed by atoms with Crippen LogP contribution < -0.4 is 5.32 Å². The molecule has 3 aromatic rings. The summed E-state index contributed by atoms with van der Waals surface area (Å²) in [5.74, 6) is 1.02. The standard InChI is InChI=1S/C20H24N6O/c1-14-10-18(25-7-6-22-15(25)2)5-4-16(14)11-21-12-17-13-23-26-9-8-24(3)20(27)19(17)26/h4-7,10,13,21H,8-9,11-12H2,1-3H3. The third kappa shape index (κ3) is 3.26. The van der Waals surface area contributed by atoms with E-state index in [0.29, 0.717) is 18.8 Å². The van der Waals surface area contributed by atoms with Gasteiger partial charge in [-0.2, -0.15) is 5.10 Å². The molecule has 27 heavy (non-hydrogen) atoms. The third-order valence-electron chi connectivity index (χ3n) is 5.17. The molecular weight excluding hydrogens is 340 g/mol. The molecule has 0 saturated carbocycles. The molecule has 1 N–H and O–H groups in total. The van der Waals surface area contributed by atoms with Crippen molar-refractivity contribution in [1.29, 1.82) is 0 Å². The molecule has 1 aliphatic rings.